The van der Waals surface area contributed by atoms with Gasteiger partial charge in [-0.25, -0.2) is 0 Å². The molecule has 0 aromatic heterocycles. The zero-order chi connectivity index (χ0) is 22.0. The fourth-order valence-corrected chi connectivity index (χ4v) is 3.88. The summed E-state index contributed by atoms with van der Waals surface area (Å²) in [5, 5.41) is 14.3. The van der Waals surface area contributed by atoms with Crippen molar-refractivity contribution in [3.05, 3.63) is 144 Å². The van der Waals surface area contributed by atoms with E-state index in [0.29, 0.717) is 6.54 Å². The lowest BCUT2D eigenvalue weighted by atomic mass is 9.98. The maximum atomic E-state index is 10.7. The van der Waals surface area contributed by atoms with E-state index in [-0.39, 0.29) is 18.8 Å². The first kappa shape index (κ1) is 22.0. The first-order chi connectivity index (χ1) is 15.8. The zero-order valence-electron chi connectivity index (χ0n) is 18.0. The van der Waals surface area contributed by atoms with Crippen molar-refractivity contribution in [1.82, 2.24) is 5.32 Å². The molecule has 0 aliphatic rings. The van der Waals surface area contributed by atoms with Crippen LogP contribution in [0, 0.1) is 0 Å². The summed E-state index contributed by atoms with van der Waals surface area (Å²) < 4.78 is 6.23. The molecule has 162 valence electrons. The predicted octanol–water partition coefficient (Wildman–Crippen LogP) is 5.53. The molecule has 4 aromatic carbocycles. The minimum absolute atomic E-state index is 0.00564. The van der Waals surface area contributed by atoms with Crippen LogP contribution in [-0.2, 0) is 4.74 Å². The molecule has 32 heavy (non-hydrogen) atoms. The topological polar surface area (TPSA) is 41.5 Å². The van der Waals surface area contributed by atoms with Crippen LogP contribution in [0.1, 0.15) is 34.4 Å². The molecule has 0 unspecified atom stereocenters. The molecule has 0 bridgehead atoms. The minimum Gasteiger partial charge on any atom is -0.389 e. The Morgan fingerprint density at radius 3 is 1.34 bits per heavy atom. The molecule has 0 spiro atoms. The number of aliphatic hydroxyl groups excluding tert-OH is 1. The summed E-state index contributed by atoms with van der Waals surface area (Å²) >= 11 is 0. The third kappa shape index (κ3) is 5.92. The van der Waals surface area contributed by atoms with Crippen molar-refractivity contribution in [1.29, 1.82) is 0 Å². The van der Waals surface area contributed by atoms with Crippen LogP contribution in [0.25, 0.3) is 0 Å². The van der Waals surface area contributed by atoms with Gasteiger partial charge in [0.15, 0.2) is 0 Å². The molecule has 4 aromatic rings. The number of rotatable bonds is 10. The number of aliphatic hydroxyl groups is 1. The Balaban J connectivity index is 1.42. The van der Waals surface area contributed by atoms with Crippen LogP contribution in [0.15, 0.2) is 121 Å². The Labute approximate surface area is 190 Å². The average molecular weight is 424 g/mol. The maximum Gasteiger partial charge on any atom is 0.108 e. The summed E-state index contributed by atoms with van der Waals surface area (Å²) in [5.41, 5.74) is 4.48. The molecule has 0 aliphatic carbocycles. The highest BCUT2D eigenvalue weighted by Crippen LogP contribution is 2.26. The fourth-order valence-electron chi connectivity index (χ4n) is 3.88. The van der Waals surface area contributed by atoms with Gasteiger partial charge in [-0.2, -0.15) is 0 Å². The van der Waals surface area contributed by atoms with E-state index < -0.39 is 6.10 Å². The zero-order valence-corrected chi connectivity index (χ0v) is 18.0. The van der Waals surface area contributed by atoms with Crippen LogP contribution in [0.3, 0.4) is 0 Å². The highest BCUT2D eigenvalue weighted by Gasteiger charge is 2.18. The highest BCUT2D eigenvalue weighted by atomic mass is 16.5. The fraction of sp³-hybridized carbons (Fsp3) is 0.172. The second kappa shape index (κ2) is 11.4. The highest BCUT2D eigenvalue weighted by molar-refractivity contribution is 5.32. The second-order valence-electron chi connectivity index (χ2n) is 7.85. The Kier molecular flexibility index (Phi) is 7.83. The summed E-state index contributed by atoms with van der Waals surface area (Å²) in [6.45, 7) is 0.655. The van der Waals surface area contributed by atoms with E-state index in [4.69, 9.17) is 4.74 Å². The van der Waals surface area contributed by atoms with Gasteiger partial charge >= 0.3 is 0 Å². The smallest absolute Gasteiger partial charge is 0.108 e. The van der Waals surface area contributed by atoms with Crippen molar-refractivity contribution in [3.8, 4) is 0 Å². The van der Waals surface area contributed by atoms with Crippen molar-refractivity contribution >= 4 is 0 Å². The van der Waals surface area contributed by atoms with E-state index in [2.05, 4.69) is 53.8 Å². The predicted molar refractivity (Wildman–Crippen MR) is 129 cm³/mol. The van der Waals surface area contributed by atoms with E-state index in [9.17, 15) is 5.11 Å². The first-order valence-electron chi connectivity index (χ1n) is 11.0. The van der Waals surface area contributed by atoms with Crippen LogP contribution in [0.5, 0.6) is 0 Å². The van der Waals surface area contributed by atoms with Crippen molar-refractivity contribution < 1.29 is 9.84 Å². The Hall–Kier alpha value is -3.24. The summed E-state index contributed by atoms with van der Waals surface area (Å²) in [6.07, 6.45) is -0.856. The largest absolute Gasteiger partial charge is 0.389 e. The maximum absolute atomic E-state index is 10.7. The number of nitrogens with one attached hydrogen (secondary N) is 1. The van der Waals surface area contributed by atoms with Gasteiger partial charge in [-0.3, -0.25) is 0 Å². The van der Waals surface area contributed by atoms with Crippen molar-refractivity contribution in [2.45, 2.75) is 18.2 Å². The monoisotopic (exact) mass is 423 g/mol. The molecule has 0 radical (unpaired) electrons. The number of hydrogen-bond donors (Lipinski definition) is 2. The second-order valence-corrected chi connectivity index (χ2v) is 7.85. The standard InChI is InChI=1S/C29H29NO2/c31-27(21-30-28(23-13-5-1-6-14-23)24-15-7-2-8-16-24)22-32-29(25-17-9-3-10-18-25)26-19-11-4-12-20-26/h1-20,27-31H,21-22H2/t27-/m0/s1. The van der Waals surface area contributed by atoms with Gasteiger partial charge in [-0.05, 0) is 22.3 Å². The van der Waals surface area contributed by atoms with Gasteiger partial charge in [0.25, 0.3) is 0 Å². The molecule has 0 heterocycles. The molecular weight excluding hydrogens is 394 g/mol. The SMILES string of the molecule is O[C@@H](CNC(c1ccccc1)c1ccccc1)COC(c1ccccc1)c1ccccc1. The van der Waals surface area contributed by atoms with Crippen molar-refractivity contribution in [2.75, 3.05) is 13.2 Å². The van der Waals surface area contributed by atoms with Gasteiger partial charge in [0.1, 0.15) is 6.10 Å². The van der Waals surface area contributed by atoms with Gasteiger partial charge < -0.3 is 15.2 Å². The summed E-state index contributed by atoms with van der Waals surface area (Å²) in [5.74, 6) is 0. The van der Waals surface area contributed by atoms with Crippen LogP contribution < -0.4 is 5.32 Å². The van der Waals surface area contributed by atoms with Crippen molar-refractivity contribution in [2.24, 2.45) is 0 Å². The van der Waals surface area contributed by atoms with Crippen LogP contribution in [-0.4, -0.2) is 24.4 Å². The summed E-state index contributed by atoms with van der Waals surface area (Å²) in [6, 6.07) is 40.9. The average Bonchev–Trinajstić information content (AvgIpc) is 2.87. The molecule has 1 atom stereocenters. The molecule has 3 nitrogen and oxygen atoms in total. The van der Waals surface area contributed by atoms with Gasteiger partial charge in [0.05, 0.1) is 18.8 Å². The molecule has 4 rings (SSSR count). The van der Waals surface area contributed by atoms with Crippen molar-refractivity contribution in [3.63, 3.8) is 0 Å². The minimum atomic E-state index is -0.639. The lowest BCUT2D eigenvalue weighted by Crippen LogP contribution is -2.34. The quantitative estimate of drug-likeness (QED) is 0.352. The molecular formula is C29H29NO2. The summed E-state index contributed by atoms with van der Waals surface area (Å²) in [4.78, 5) is 0. The Bertz CT molecular complexity index is 874. The first-order valence-corrected chi connectivity index (χ1v) is 11.0. The van der Waals surface area contributed by atoms with Gasteiger partial charge in [-0.1, -0.05) is 121 Å². The van der Waals surface area contributed by atoms with E-state index in [0.717, 1.165) is 11.1 Å². The van der Waals surface area contributed by atoms with Crippen LogP contribution in [0.4, 0.5) is 0 Å². The van der Waals surface area contributed by atoms with E-state index in [1.807, 2.05) is 72.8 Å². The van der Waals surface area contributed by atoms with E-state index in [1.54, 1.807) is 0 Å². The Morgan fingerprint density at radius 1 is 0.562 bits per heavy atom. The van der Waals surface area contributed by atoms with E-state index in [1.165, 1.54) is 11.1 Å². The molecule has 0 aliphatic heterocycles. The van der Waals surface area contributed by atoms with Crippen LogP contribution >= 0.6 is 0 Å². The number of benzene rings is 4. The number of hydrogen-bond acceptors (Lipinski definition) is 3. The van der Waals surface area contributed by atoms with Gasteiger partial charge in [-0.15, -0.1) is 0 Å². The molecule has 0 amide bonds. The number of ether oxygens (including phenoxy) is 1. The molecule has 2 N–H and O–H groups in total. The van der Waals surface area contributed by atoms with E-state index >= 15 is 0 Å². The molecule has 0 fully saturated rings. The molecule has 0 saturated heterocycles. The lowest BCUT2D eigenvalue weighted by molar-refractivity contribution is 0.00599. The van der Waals surface area contributed by atoms with Gasteiger partial charge in [0, 0.05) is 6.54 Å². The summed E-state index contributed by atoms with van der Waals surface area (Å²) in [7, 11) is 0. The molecule has 0 saturated carbocycles. The van der Waals surface area contributed by atoms with Crippen LogP contribution in [0.2, 0.25) is 0 Å². The third-order valence-electron chi connectivity index (χ3n) is 5.48. The molecule has 3 heteroatoms. The Morgan fingerprint density at radius 2 is 0.938 bits per heavy atom. The van der Waals surface area contributed by atoms with Gasteiger partial charge in [0.2, 0.25) is 0 Å². The third-order valence-corrected chi connectivity index (χ3v) is 5.48. The lowest BCUT2D eigenvalue weighted by Gasteiger charge is -2.24. The normalized spacial score (nSPS) is 12.2.